The molecule has 0 aromatic rings. The number of nitrogens with one attached hydrogen (secondary N) is 3. The van der Waals surface area contributed by atoms with Crippen molar-refractivity contribution in [1.29, 1.82) is 0 Å². The van der Waals surface area contributed by atoms with Gasteiger partial charge in [-0.15, -0.1) is 6.58 Å². The van der Waals surface area contributed by atoms with Gasteiger partial charge in [-0.3, -0.25) is 0 Å². The quantitative estimate of drug-likeness (QED) is 0.581. The van der Waals surface area contributed by atoms with Crippen LogP contribution in [-0.2, 0) is 0 Å². The minimum Gasteiger partial charge on any atom is -0.308 e. The summed E-state index contributed by atoms with van der Waals surface area (Å²) < 4.78 is 0. The van der Waals surface area contributed by atoms with E-state index in [9.17, 15) is 0 Å². The summed E-state index contributed by atoms with van der Waals surface area (Å²) in [5, 5.41) is 0. The van der Waals surface area contributed by atoms with Crippen LogP contribution in [0, 0.1) is 0 Å². The van der Waals surface area contributed by atoms with Crippen molar-refractivity contribution in [3.63, 3.8) is 0 Å². The van der Waals surface area contributed by atoms with Crippen LogP contribution in [0.25, 0.3) is 0 Å². The van der Waals surface area contributed by atoms with E-state index >= 15 is 0 Å². The highest BCUT2D eigenvalue weighted by Gasteiger charge is 2.32. The molecule has 0 atom stereocenters. The van der Waals surface area contributed by atoms with Gasteiger partial charge in [0.15, 0.2) is 0 Å². The molecule has 90 valence electrons. The van der Waals surface area contributed by atoms with Crippen LogP contribution in [0.5, 0.6) is 0 Å². The lowest BCUT2D eigenvalue weighted by atomic mass is 10.4. The molecule has 15 heavy (non-hydrogen) atoms. The first-order valence-electron chi connectivity index (χ1n) is 5.78. The topological polar surface area (TPSA) is 36.1 Å². The first kappa shape index (κ1) is 14.8. The van der Waals surface area contributed by atoms with Crippen LogP contribution < -0.4 is 14.9 Å². The summed E-state index contributed by atoms with van der Waals surface area (Å²) >= 11 is 0. The molecule has 0 aliphatic carbocycles. The van der Waals surface area contributed by atoms with Gasteiger partial charge >= 0.3 is 8.56 Å². The zero-order valence-corrected chi connectivity index (χ0v) is 12.0. The Hall–Kier alpha value is -0.163. The van der Waals surface area contributed by atoms with Crippen molar-refractivity contribution < 1.29 is 0 Å². The molecule has 0 fully saturated rings. The molecule has 0 rings (SSSR count). The molecule has 0 saturated heterocycles. The molecular weight excluding hydrogens is 202 g/mol. The highest BCUT2D eigenvalue weighted by molar-refractivity contribution is 6.77. The van der Waals surface area contributed by atoms with Crippen molar-refractivity contribution in [3.05, 3.63) is 12.3 Å². The van der Waals surface area contributed by atoms with Crippen LogP contribution in [0.15, 0.2) is 12.3 Å². The molecule has 0 spiro atoms. The van der Waals surface area contributed by atoms with Crippen molar-refractivity contribution in [2.24, 2.45) is 0 Å². The van der Waals surface area contributed by atoms with Crippen LogP contribution in [0.2, 0.25) is 0 Å². The SMILES string of the molecule is C=C[Si](NC(C)C)(NC(C)C)NC(C)C. The predicted molar refractivity (Wildman–Crippen MR) is 70.8 cm³/mol. The molecule has 0 aromatic carbocycles. The third-order valence-electron chi connectivity index (χ3n) is 1.86. The Morgan fingerprint density at radius 2 is 1.07 bits per heavy atom. The summed E-state index contributed by atoms with van der Waals surface area (Å²) in [6, 6.07) is 1.35. The zero-order valence-electron chi connectivity index (χ0n) is 11.0. The molecule has 0 radical (unpaired) electrons. The highest BCUT2D eigenvalue weighted by Crippen LogP contribution is 1.98. The molecular formula is C11H27N3Si. The average molecular weight is 229 g/mol. The number of hydrogen-bond donors (Lipinski definition) is 3. The number of rotatable bonds is 7. The molecule has 0 unspecified atom stereocenters. The first-order chi connectivity index (χ1) is 6.81. The molecule has 0 aliphatic rings. The van der Waals surface area contributed by atoms with Crippen molar-refractivity contribution in [1.82, 2.24) is 14.9 Å². The Labute approximate surface area is 96.0 Å². The van der Waals surface area contributed by atoms with Crippen molar-refractivity contribution in [2.75, 3.05) is 0 Å². The molecule has 0 saturated carbocycles. The molecule has 0 bridgehead atoms. The fourth-order valence-electron chi connectivity index (χ4n) is 1.67. The Balaban J connectivity index is 4.66. The van der Waals surface area contributed by atoms with Crippen molar-refractivity contribution in [2.45, 2.75) is 59.7 Å². The zero-order chi connectivity index (χ0) is 12.1. The lowest BCUT2D eigenvalue weighted by Crippen LogP contribution is -2.75. The van der Waals surface area contributed by atoms with Gasteiger partial charge in [-0.25, -0.2) is 0 Å². The molecule has 3 nitrogen and oxygen atoms in total. The second-order valence-corrected chi connectivity index (χ2v) is 7.80. The molecule has 4 heteroatoms. The van der Waals surface area contributed by atoms with Gasteiger partial charge in [0.25, 0.3) is 0 Å². The Bertz CT molecular complexity index is 164. The van der Waals surface area contributed by atoms with Crippen molar-refractivity contribution in [3.8, 4) is 0 Å². The maximum Gasteiger partial charge on any atom is 0.307 e. The molecule has 0 aliphatic heterocycles. The van der Waals surface area contributed by atoms with E-state index in [1.807, 2.05) is 5.70 Å². The highest BCUT2D eigenvalue weighted by atomic mass is 28.4. The maximum atomic E-state index is 3.97. The van der Waals surface area contributed by atoms with E-state index < -0.39 is 8.56 Å². The van der Waals surface area contributed by atoms with Gasteiger partial charge in [0.2, 0.25) is 0 Å². The maximum absolute atomic E-state index is 3.97. The normalized spacial score (nSPS) is 12.9. The smallest absolute Gasteiger partial charge is 0.307 e. The number of hydrogen-bond acceptors (Lipinski definition) is 3. The van der Waals surface area contributed by atoms with E-state index in [4.69, 9.17) is 0 Å². The van der Waals surface area contributed by atoms with Crippen LogP contribution in [0.1, 0.15) is 41.5 Å². The molecule has 0 heterocycles. The largest absolute Gasteiger partial charge is 0.308 e. The monoisotopic (exact) mass is 229 g/mol. The van der Waals surface area contributed by atoms with E-state index in [1.165, 1.54) is 0 Å². The van der Waals surface area contributed by atoms with E-state index in [0.717, 1.165) is 0 Å². The van der Waals surface area contributed by atoms with E-state index in [1.54, 1.807) is 0 Å². The second-order valence-electron chi connectivity index (χ2n) is 4.91. The van der Waals surface area contributed by atoms with Gasteiger partial charge in [0.1, 0.15) is 0 Å². The van der Waals surface area contributed by atoms with Gasteiger partial charge in [0.05, 0.1) is 0 Å². The van der Waals surface area contributed by atoms with Gasteiger partial charge in [-0.2, -0.15) is 0 Å². The lowest BCUT2D eigenvalue weighted by molar-refractivity contribution is 0.610. The summed E-state index contributed by atoms with van der Waals surface area (Å²) in [7, 11) is -1.94. The Kier molecular flexibility index (Phi) is 6.36. The molecule has 0 aromatic heterocycles. The predicted octanol–water partition coefficient (Wildman–Crippen LogP) is 1.64. The standard InChI is InChI=1S/C11H27N3Si/c1-8-15(12-9(2)3,13-10(4)5)14-11(6)7/h8-14H,1H2,2-7H3. The average Bonchev–Trinajstić information content (AvgIpc) is 1.99. The minimum atomic E-state index is -1.94. The van der Waals surface area contributed by atoms with Gasteiger partial charge in [0, 0.05) is 0 Å². The Morgan fingerprint density at radius 3 is 1.20 bits per heavy atom. The summed E-state index contributed by atoms with van der Waals surface area (Å²) in [5.74, 6) is 0. The fraction of sp³-hybridized carbons (Fsp3) is 0.818. The third kappa shape index (κ3) is 6.09. The minimum absolute atomic E-state index is 0.451. The van der Waals surface area contributed by atoms with E-state index in [0.29, 0.717) is 18.1 Å². The van der Waals surface area contributed by atoms with Gasteiger partial charge in [-0.1, -0.05) is 47.2 Å². The molecule has 3 N–H and O–H groups in total. The van der Waals surface area contributed by atoms with E-state index in [-0.39, 0.29) is 0 Å². The van der Waals surface area contributed by atoms with Crippen LogP contribution >= 0.6 is 0 Å². The van der Waals surface area contributed by atoms with Crippen LogP contribution in [-0.4, -0.2) is 26.7 Å². The summed E-state index contributed by atoms with van der Waals surface area (Å²) in [6.45, 7) is 16.9. The van der Waals surface area contributed by atoms with Gasteiger partial charge < -0.3 is 14.9 Å². The third-order valence-corrected chi connectivity index (χ3v) is 5.57. The lowest BCUT2D eigenvalue weighted by Gasteiger charge is -2.35. The summed E-state index contributed by atoms with van der Waals surface area (Å²) in [4.78, 5) is 10.8. The fourth-order valence-corrected chi connectivity index (χ4v) is 5.00. The summed E-state index contributed by atoms with van der Waals surface area (Å²) in [6.07, 6.45) is 0. The van der Waals surface area contributed by atoms with Crippen LogP contribution in [0.3, 0.4) is 0 Å². The van der Waals surface area contributed by atoms with E-state index in [2.05, 4.69) is 63.1 Å². The van der Waals surface area contributed by atoms with Gasteiger partial charge in [-0.05, 0) is 18.1 Å². The Morgan fingerprint density at radius 1 is 0.800 bits per heavy atom. The molecule has 0 amide bonds. The summed E-state index contributed by atoms with van der Waals surface area (Å²) in [5.41, 5.74) is 2.03. The van der Waals surface area contributed by atoms with Crippen LogP contribution in [0.4, 0.5) is 0 Å². The van der Waals surface area contributed by atoms with Crippen molar-refractivity contribution >= 4 is 8.56 Å². The first-order valence-corrected chi connectivity index (χ1v) is 7.85. The second kappa shape index (κ2) is 6.43.